The van der Waals surface area contributed by atoms with Crippen LogP contribution < -0.4 is 10.1 Å². The summed E-state index contributed by atoms with van der Waals surface area (Å²) in [7, 11) is 0. The molecule has 1 aromatic heterocycles. The normalized spacial score (nSPS) is 19.3. The second-order valence-electron chi connectivity index (χ2n) is 7.07. The van der Waals surface area contributed by atoms with E-state index in [9.17, 15) is 0 Å². The van der Waals surface area contributed by atoms with Crippen molar-refractivity contribution in [3.63, 3.8) is 0 Å². The number of likely N-dealkylation sites (tertiary alicyclic amines) is 1. The van der Waals surface area contributed by atoms with Crippen LogP contribution >= 0.6 is 11.3 Å². The van der Waals surface area contributed by atoms with Crippen LogP contribution in [0.3, 0.4) is 0 Å². The summed E-state index contributed by atoms with van der Waals surface area (Å²) in [6.07, 6.45) is 4.83. The van der Waals surface area contributed by atoms with E-state index in [1.807, 2.05) is 25.2 Å². The van der Waals surface area contributed by atoms with Gasteiger partial charge in [0, 0.05) is 42.5 Å². The predicted molar refractivity (Wildman–Crippen MR) is 115 cm³/mol. The van der Waals surface area contributed by atoms with Gasteiger partial charge in [-0.2, -0.15) is 0 Å². The molecule has 148 valence electrons. The van der Waals surface area contributed by atoms with E-state index in [-0.39, 0.29) is 0 Å². The van der Waals surface area contributed by atoms with E-state index in [2.05, 4.69) is 41.4 Å². The summed E-state index contributed by atoms with van der Waals surface area (Å²) < 4.78 is 5.92. The van der Waals surface area contributed by atoms with E-state index in [1.54, 1.807) is 0 Å². The highest BCUT2D eigenvalue weighted by molar-refractivity contribution is 7.15. The fraction of sp³-hybridized carbons (Fsp3) is 0.591. The minimum Gasteiger partial charge on any atom is -0.494 e. The molecule has 5 heteroatoms. The van der Waals surface area contributed by atoms with E-state index in [0.29, 0.717) is 0 Å². The highest BCUT2D eigenvalue weighted by Gasteiger charge is 2.19. The Morgan fingerprint density at radius 3 is 2.78 bits per heavy atom. The molecule has 4 rings (SSSR count). The standard InChI is InChI=1S/C20H27N3OS.C2H6/c1-15-4-2-11-23(15)12-3-13-24-17-7-5-16(6-8-17)20-22-18-9-10-21-14-19(18)25-20;1-2/h5-8,15,21H,2-4,9-14H2,1H3;1-2H3. The summed E-state index contributed by atoms with van der Waals surface area (Å²) in [5, 5.41) is 4.54. The van der Waals surface area contributed by atoms with Crippen molar-refractivity contribution in [2.24, 2.45) is 0 Å². The van der Waals surface area contributed by atoms with Gasteiger partial charge in [-0.05, 0) is 57.0 Å². The highest BCUT2D eigenvalue weighted by Crippen LogP contribution is 2.30. The van der Waals surface area contributed by atoms with E-state index < -0.39 is 0 Å². The third-order valence-electron chi connectivity index (χ3n) is 5.25. The molecule has 1 aromatic carbocycles. The Morgan fingerprint density at radius 2 is 2.07 bits per heavy atom. The number of nitrogens with zero attached hydrogens (tertiary/aromatic N) is 2. The van der Waals surface area contributed by atoms with Crippen LogP contribution in [0.5, 0.6) is 5.75 Å². The molecule has 2 aromatic rings. The van der Waals surface area contributed by atoms with Gasteiger partial charge in [0.05, 0.1) is 12.3 Å². The minimum absolute atomic E-state index is 0.749. The van der Waals surface area contributed by atoms with Crippen molar-refractivity contribution in [2.45, 2.75) is 59.0 Å². The van der Waals surface area contributed by atoms with Crippen LogP contribution in [0.25, 0.3) is 10.6 Å². The number of nitrogens with one attached hydrogen (secondary N) is 1. The monoisotopic (exact) mass is 387 g/mol. The lowest BCUT2D eigenvalue weighted by atomic mass is 10.2. The van der Waals surface area contributed by atoms with Crippen molar-refractivity contribution < 1.29 is 4.74 Å². The lowest BCUT2D eigenvalue weighted by molar-refractivity contribution is 0.230. The smallest absolute Gasteiger partial charge is 0.123 e. The van der Waals surface area contributed by atoms with Crippen molar-refractivity contribution >= 4 is 11.3 Å². The van der Waals surface area contributed by atoms with Gasteiger partial charge < -0.3 is 15.0 Å². The minimum atomic E-state index is 0.749. The molecule has 3 heterocycles. The molecule has 1 atom stereocenters. The predicted octanol–water partition coefficient (Wildman–Crippen LogP) is 4.74. The molecule has 1 fully saturated rings. The molecule has 1 N–H and O–H groups in total. The highest BCUT2D eigenvalue weighted by atomic mass is 32.1. The number of hydrogen-bond donors (Lipinski definition) is 1. The molecule has 0 bridgehead atoms. The van der Waals surface area contributed by atoms with Gasteiger partial charge in [0.2, 0.25) is 0 Å². The number of benzene rings is 1. The van der Waals surface area contributed by atoms with Crippen LogP contribution in [-0.2, 0) is 13.0 Å². The molecule has 2 aliphatic heterocycles. The van der Waals surface area contributed by atoms with Gasteiger partial charge >= 0.3 is 0 Å². The van der Waals surface area contributed by atoms with E-state index in [4.69, 9.17) is 9.72 Å². The number of rotatable bonds is 6. The Kier molecular flexibility index (Phi) is 7.68. The average molecular weight is 388 g/mol. The molecule has 0 amide bonds. The van der Waals surface area contributed by atoms with Gasteiger partial charge in [-0.3, -0.25) is 0 Å². The molecular weight excluding hydrogens is 354 g/mol. The van der Waals surface area contributed by atoms with Crippen molar-refractivity contribution in [1.29, 1.82) is 0 Å². The Morgan fingerprint density at radius 1 is 1.26 bits per heavy atom. The summed E-state index contributed by atoms with van der Waals surface area (Å²) in [6, 6.07) is 9.17. The molecule has 0 spiro atoms. The topological polar surface area (TPSA) is 37.4 Å². The van der Waals surface area contributed by atoms with Crippen LogP contribution in [0.4, 0.5) is 0 Å². The lowest BCUT2D eigenvalue weighted by Gasteiger charge is -2.20. The quantitative estimate of drug-likeness (QED) is 0.727. The van der Waals surface area contributed by atoms with Crippen molar-refractivity contribution in [3.8, 4) is 16.3 Å². The summed E-state index contributed by atoms with van der Waals surface area (Å²) in [5.74, 6) is 0.959. The number of thiazole rings is 1. The fourth-order valence-corrected chi connectivity index (χ4v) is 4.81. The first-order valence-corrected chi connectivity index (χ1v) is 11.3. The van der Waals surface area contributed by atoms with Crippen LogP contribution in [0, 0.1) is 0 Å². The van der Waals surface area contributed by atoms with Crippen LogP contribution in [0.2, 0.25) is 0 Å². The Labute approximate surface area is 168 Å². The number of hydrogen-bond acceptors (Lipinski definition) is 5. The van der Waals surface area contributed by atoms with E-state index >= 15 is 0 Å². The summed E-state index contributed by atoms with van der Waals surface area (Å²) in [6.45, 7) is 11.5. The molecule has 0 radical (unpaired) electrons. The maximum Gasteiger partial charge on any atom is 0.123 e. The number of fused-ring (bicyclic) bond motifs is 1. The first-order valence-electron chi connectivity index (χ1n) is 10.5. The first kappa shape index (κ1) is 20.3. The summed E-state index contributed by atoms with van der Waals surface area (Å²) in [5.41, 5.74) is 2.47. The second kappa shape index (κ2) is 10.2. The van der Waals surface area contributed by atoms with Gasteiger partial charge in [-0.15, -0.1) is 11.3 Å². The molecule has 4 nitrogen and oxygen atoms in total. The van der Waals surface area contributed by atoms with Crippen LogP contribution in [0.1, 0.15) is 50.6 Å². The zero-order chi connectivity index (χ0) is 19.1. The molecule has 1 unspecified atom stereocenters. The van der Waals surface area contributed by atoms with E-state index in [1.165, 1.54) is 35.5 Å². The molecule has 27 heavy (non-hydrogen) atoms. The third kappa shape index (κ3) is 5.31. The Balaban J connectivity index is 0.00000102. The zero-order valence-corrected chi connectivity index (χ0v) is 17.8. The fourth-order valence-electron chi connectivity index (χ4n) is 3.73. The van der Waals surface area contributed by atoms with Crippen molar-refractivity contribution in [1.82, 2.24) is 15.2 Å². The third-order valence-corrected chi connectivity index (χ3v) is 6.40. The maximum absolute atomic E-state index is 5.92. The van der Waals surface area contributed by atoms with Gasteiger partial charge in [-0.1, -0.05) is 13.8 Å². The second-order valence-corrected chi connectivity index (χ2v) is 8.15. The summed E-state index contributed by atoms with van der Waals surface area (Å²) in [4.78, 5) is 8.77. The molecule has 2 aliphatic rings. The van der Waals surface area contributed by atoms with Crippen molar-refractivity contribution in [3.05, 3.63) is 34.8 Å². The number of ether oxygens (including phenoxy) is 1. The molecular formula is C22H33N3OS. The summed E-state index contributed by atoms with van der Waals surface area (Å²) >= 11 is 1.81. The molecule has 0 aliphatic carbocycles. The number of aromatic nitrogens is 1. The van der Waals surface area contributed by atoms with Gasteiger partial charge in [0.25, 0.3) is 0 Å². The SMILES string of the molecule is CC.CC1CCCN1CCCOc1ccc(-c2nc3c(s2)CNCC3)cc1. The van der Waals surface area contributed by atoms with Crippen molar-refractivity contribution in [2.75, 3.05) is 26.2 Å². The zero-order valence-electron chi connectivity index (χ0n) is 17.0. The first-order chi connectivity index (χ1) is 13.3. The molecule has 1 saturated heterocycles. The van der Waals surface area contributed by atoms with E-state index in [0.717, 1.165) is 55.9 Å². The Hall–Kier alpha value is -1.43. The lowest BCUT2D eigenvalue weighted by Crippen LogP contribution is -2.28. The average Bonchev–Trinajstić information content (AvgIpc) is 3.33. The van der Waals surface area contributed by atoms with Crippen LogP contribution in [-0.4, -0.2) is 42.2 Å². The van der Waals surface area contributed by atoms with Gasteiger partial charge in [0.1, 0.15) is 10.8 Å². The largest absolute Gasteiger partial charge is 0.494 e. The van der Waals surface area contributed by atoms with Crippen LogP contribution in [0.15, 0.2) is 24.3 Å². The van der Waals surface area contributed by atoms with Gasteiger partial charge in [0.15, 0.2) is 0 Å². The van der Waals surface area contributed by atoms with Gasteiger partial charge in [-0.25, -0.2) is 4.98 Å². The Bertz CT molecular complexity index is 675. The molecule has 0 saturated carbocycles. The maximum atomic E-state index is 5.92.